The first-order valence-corrected chi connectivity index (χ1v) is 11.5. The van der Waals surface area contributed by atoms with Crippen LogP contribution in [0.25, 0.3) is 10.6 Å². The number of halogens is 3. The van der Waals surface area contributed by atoms with Crippen LogP contribution in [0.1, 0.15) is 29.2 Å². The van der Waals surface area contributed by atoms with E-state index in [0.717, 1.165) is 5.56 Å². The van der Waals surface area contributed by atoms with E-state index in [2.05, 4.69) is 14.4 Å². The molecule has 1 aromatic carbocycles. The molecule has 3 aromatic rings. The second-order valence-corrected chi connectivity index (χ2v) is 10.3. The van der Waals surface area contributed by atoms with E-state index in [1.165, 1.54) is 12.1 Å². The van der Waals surface area contributed by atoms with E-state index < -0.39 is 39.4 Å². The van der Waals surface area contributed by atoms with E-state index in [4.69, 9.17) is 5.73 Å². The second-order valence-electron chi connectivity index (χ2n) is 7.28. The van der Waals surface area contributed by atoms with Gasteiger partial charge in [-0.15, -0.1) is 11.3 Å². The molecule has 0 radical (unpaired) electrons. The first kappa shape index (κ1) is 22.5. The summed E-state index contributed by atoms with van der Waals surface area (Å²) >= 11 is 0.652. The number of carbonyl (C=O) groups is 1. The van der Waals surface area contributed by atoms with Crippen LogP contribution in [0, 0.1) is 0 Å². The molecule has 0 amide bonds. The van der Waals surface area contributed by atoms with Gasteiger partial charge in [0.2, 0.25) is 5.76 Å². The fourth-order valence-electron chi connectivity index (χ4n) is 3.36. The number of benzene rings is 1. The maximum atomic E-state index is 12.9. The molecule has 0 spiro atoms. The molecule has 1 aliphatic carbocycles. The van der Waals surface area contributed by atoms with E-state index in [1.807, 2.05) is 0 Å². The van der Waals surface area contributed by atoms with Gasteiger partial charge >= 0.3 is 12.1 Å². The summed E-state index contributed by atoms with van der Waals surface area (Å²) in [4.78, 5) is 12.1. The highest BCUT2D eigenvalue weighted by molar-refractivity contribution is 7.91. The molecule has 13 heteroatoms. The largest absolute Gasteiger partial charge is 0.480 e. The first-order chi connectivity index (χ1) is 15.0. The van der Waals surface area contributed by atoms with Gasteiger partial charge in [-0.25, -0.2) is 8.42 Å². The molecule has 2 heterocycles. The van der Waals surface area contributed by atoms with Crippen molar-refractivity contribution in [2.45, 2.75) is 34.8 Å². The summed E-state index contributed by atoms with van der Waals surface area (Å²) in [5, 5.41) is 13.1. The monoisotopic (exact) mass is 487 g/mol. The number of hydrogen-bond donors (Lipinski definition) is 3. The number of nitrogens with zero attached hydrogens (tertiary/aromatic N) is 1. The predicted octanol–water partition coefficient (Wildman–Crippen LogP) is 3.17. The highest BCUT2D eigenvalue weighted by atomic mass is 32.2. The molecule has 2 aromatic heterocycles. The number of rotatable bonds is 7. The van der Waals surface area contributed by atoms with Gasteiger partial charge < -0.3 is 15.4 Å². The van der Waals surface area contributed by atoms with Crippen molar-refractivity contribution in [1.82, 2.24) is 9.88 Å². The summed E-state index contributed by atoms with van der Waals surface area (Å²) in [5.41, 5.74) is 5.16. The van der Waals surface area contributed by atoms with Gasteiger partial charge in [-0.2, -0.15) is 17.9 Å². The third-order valence-electron chi connectivity index (χ3n) is 5.16. The Kier molecular flexibility index (Phi) is 5.40. The van der Waals surface area contributed by atoms with E-state index in [0.29, 0.717) is 29.5 Å². The quantitative estimate of drug-likeness (QED) is 0.466. The number of aromatic nitrogens is 1. The molecule has 4 N–H and O–H groups in total. The van der Waals surface area contributed by atoms with E-state index >= 15 is 0 Å². The summed E-state index contributed by atoms with van der Waals surface area (Å²) in [7, 11) is -4.28. The van der Waals surface area contributed by atoms with Gasteiger partial charge in [0.1, 0.15) is 15.4 Å². The molecule has 2 atom stereocenters. The highest BCUT2D eigenvalue weighted by Crippen LogP contribution is 2.52. The Morgan fingerprint density at radius 3 is 2.53 bits per heavy atom. The van der Waals surface area contributed by atoms with Crippen LogP contribution in [0.4, 0.5) is 13.2 Å². The highest BCUT2D eigenvalue weighted by Gasteiger charge is 2.63. The molecule has 4 rings (SSSR count). The first-order valence-electron chi connectivity index (χ1n) is 9.17. The normalized spacial score (nSPS) is 20.9. The minimum atomic E-state index is -4.73. The number of nitrogens with one attached hydrogen (secondary N) is 1. The molecular formula is C19H16F3N3O5S2. The molecule has 1 saturated carbocycles. The van der Waals surface area contributed by atoms with Crippen molar-refractivity contribution in [2.75, 3.05) is 0 Å². The lowest BCUT2D eigenvalue weighted by molar-refractivity contribution is -0.155. The Morgan fingerprint density at radius 1 is 1.28 bits per heavy atom. The molecule has 8 nitrogen and oxygen atoms in total. The smallest absolute Gasteiger partial charge is 0.452 e. The zero-order valence-electron chi connectivity index (χ0n) is 16.1. The van der Waals surface area contributed by atoms with Crippen LogP contribution in [0.5, 0.6) is 0 Å². The zero-order chi connectivity index (χ0) is 23.3. The van der Waals surface area contributed by atoms with Crippen molar-refractivity contribution in [3.8, 4) is 10.6 Å². The Bertz CT molecular complexity index is 1270. The SMILES string of the molecule is NCc1ccc([C@H]2C[C@]2(NS(=O)(=O)c2ccc(-c3cc(C(F)(F)F)on3)s2)C(=O)O)cc1. The minimum Gasteiger partial charge on any atom is -0.480 e. The number of sulfonamides is 1. The zero-order valence-corrected chi connectivity index (χ0v) is 17.7. The van der Waals surface area contributed by atoms with Gasteiger partial charge in [-0.1, -0.05) is 29.4 Å². The molecule has 1 fully saturated rings. The molecule has 0 saturated heterocycles. The fourth-order valence-corrected chi connectivity index (χ4v) is 6.02. The predicted molar refractivity (Wildman–Crippen MR) is 107 cm³/mol. The van der Waals surface area contributed by atoms with Gasteiger partial charge in [0, 0.05) is 18.5 Å². The number of carboxylic acids is 1. The number of nitrogens with two attached hydrogens (primary N) is 1. The molecule has 0 bridgehead atoms. The molecule has 32 heavy (non-hydrogen) atoms. The number of thiophene rings is 1. The molecule has 1 aliphatic rings. The van der Waals surface area contributed by atoms with E-state index in [-0.39, 0.29) is 21.2 Å². The lowest BCUT2D eigenvalue weighted by atomic mass is 10.0. The van der Waals surface area contributed by atoms with Crippen molar-refractivity contribution >= 4 is 27.3 Å². The Balaban J connectivity index is 1.57. The van der Waals surface area contributed by atoms with Crippen LogP contribution >= 0.6 is 11.3 Å². The summed E-state index contributed by atoms with van der Waals surface area (Å²) in [6.45, 7) is 0.318. The second kappa shape index (κ2) is 7.69. The van der Waals surface area contributed by atoms with Gasteiger partial charge in [0.25, 0.3) is 10.0 Å². The van der Waals surface area contributed by atoms with Crippen molar-refractivity contribution in [1.29, 1.82) is 0 Å². The third-order valence-corrected chi connectivity index (χ3v) is 8.27. The van der Waals surface area contributed by atoms with Crippen LogP contribution in [-0.4, -0.2) is 30.2 Å². The topological polar surface area (TPSA) is 136 Å². The average molecular weight is 487 g/mol. The van der Waals surface area contributed by atoms with Crippen molar-refractivity contribution in [3.63, 3.8) is 0 Å². The van der Waals surface area contributed by atoms with Gasteiger partial charge in [-0.05, 0) is 29.7 Å². The minimum absolute atomic E-state index is 0.0556. The van der Waals surface area contributed by atoms with Crippen LogP contribution in [0.2, 0.25) is 0 Å². The maximum Gasteiger partial charge on any atom is 0.452 e. The maximum absolute atomic E-state index is 12.9. The van der Waals surface area contributed by atoms with Crippen molar-refractivity contribution in [3.05, 3.63) is 59.4 Å². The average Bonchev–Trinajstić information content (AvgIpc) is 3.11. The van der Waals surface area contributed by atoms with Crippen molar-refractivity contribution in [2.24, 2.45) is 5.73 Å². The van der Waals surface area contributed by atoms with Gasteiger partial charge in [0.05, 0.1) is 4.88 Å². The number of carboxylic acid groups (broad SMARTS) is 1. The molecular weight excluding hydrogens is 471 g/mol. The number of aliphatic carboxylic acids is 1. The standard InChI is InChI=1S/C19H16F3N3O5S2/c20-19(21,22)15-7-13(24-30-15)14-5-6-16(31-14)32(28,29)25-18(17(26)27)8-12(18)11-3-1-10(9-23)2-4-11/h1-7,12,25H,8-9,23H2,(H,26,27)/t12-,18-/m1/s1. The summed E-state index contributed by atoms with van der Waals surface area (Å²) in [5.74, 6) is -3.21. The summed E-state index contributed by atoms with van der Waals surface area (Å²) < 4.78 is 70.1. The Labute approximate surface area is 183 Å². The Hall–Kier alpha value is -2.74. The molecule has 0 aliphatic heterocycles. The fraction of sp³-hybridized carbons (Fsp3) is 0.263. The molecule has 170 valence electrons. The van der Waals surface area contributed by atoms with Crippen LogP contribution in [0.3, 0.4) is 0 Å². The van der Waals surface area contributed by atoms with Crippen LogP contribution < -0.4 is 10.5 Å². The number of hydrogen-bond acceptors (Lipinski definition) is 7. The summed E-state index contributed by atoms with van der Waals surface area (Å²) in [6, 6.07) is 10.0. The number of alkyl halides is 3. The van der Waals surface area contributed by atoms with E-state index in [9.17, 15) is 31.5 Å². The third kappa shape index (κ3) is 4.03. The lowest BCUT2D eigenvalue weighted by Crippen LogP contribution is -2.44. The van der Waals surface area contributed by atoms with Crippen LogP contribution in [-0.2, 0) is 27.5 Å². The Morgan fingerprint density at radius 2 is 1.97 bits per heavy atom. The van der Waals surface area contributed by atoms with Crippen molar-refractivity contribution < 1.29 is 36.0 Å². The van der Waals surface area contributed by atoms with Crippen LogP contribution in [0.15, 0.2) is 51.2 Å². The van der Waals surface area contributed by atoms with Gasteiger partial charge in [-0.3, -0.25) is 4.79 Å². The van der Waals surface area contributed by atoms with Gasteiger partial charge in [0.15, 0.2) is 0 Å². The summed E-state index contributed by atoms with van der Waals surface area (Å²) in [6.07, 6.45) is -4.67. The molecule has 0 unspecified atom stereocenters. The van der Waals surface area contributed by atoms with E-state index in [1.54, 1.807) is 24.3 Å². The lowest BCUT2D eigenvalue weighted by Gasteiger charge is -2.15.